The van der Waals surface area contributed by atoms with E-state index in [1.807, 2.05) is 30.5 Å². The van der Waals surface area contributed by atoms with E-state index in [-0.39, 0.29) is 20.1 Å². The van der Waals surface area contributed by atoms with Gasteiger partial charge < -0.3 is 18.2 Å². The van der Waals surface area contributed by atoms with Gasteiger partial charge in [0.25, 0.3) is 0 Å². The molecule has 1 aromatic heterocycles. The van der Waals surface area contributed by atoms with Gasteiger partial charge in [-0.1, -0.05) is 30.3 Å². The molecule has 2 rings (SSSR count). The van der Waals surface area contributed by atoms with Gasteiger partial charge in [-0.25, -0.2) is 33.7 Å². The number of alkyl halides is 12. The Labute approximate surface area is 264 Å². The predicted octanol–water partition coefficient (Wildman–Crippen LogP) is 3.26. The number of aromatic nitrogens is 1. The Morgan fingerprint density at radius 3 is 0.957 bits per heavy atom. The van der Waals surface area contributed by atoms with Crippen LogP contribution in [-0.4, -0.2) is 78.9 Å². The average molecular weight is 958 g/mol. The fourth-order valence-electron chi connectivity index (χ4n) is 1.30. The SMILES string of the molecule is Cc1ccnc(-c2ccccc2)c1.O=S(=O)([O-])C(F)(F)F.O=S(=O)([O-])C(F)(F)F.O=S(=O)([O-])C(F)(F)F.O=S(=O)([O-])C(F)(F)F.[Ir]. The zero-order chi connectivity index (χ0) is 37.1. The molecule has 1 heterocycles. The Balaban J connectivity index is -0.000000244. The Bertz CT molecular complexity index is 1470. The number of pyridine rings is 1. The van der Waals surface area contributed by atoms with E-state index in [0.29, 0.717) is 0 Å². The molecule has 0 aliphatic rings. The van der Waals surface area contributed by atoms with Crippen molar-refractivity contribution in [1.29, 1.82) is 0 Å². The van der Waals surface area contributed by atoms with Gasteiger partial charge in [-0.3, -0.25) is 4.98 Å². The zero-order valence-corrected chi connectivity index (χ0v) is 26.6. The summed E-state index contributed by atoms with van der Waals surface area (Å²) >= 11 is 0. The second-order valence-electron chi connectivity index (χ2n) is 6.68. The van der Waals surface area contributed by atoms with E-state index in [9.17, 15) is 52.7 Å². The van der Waals surface area contributed by atoms with Crippen LogP contribution in [0.15, 0.2) is 48.7 Å². The van der Waals surface area contributed by atoms with Crippen LogP contribution in [0.2, 0.25) is 0 Å². The molecule has 0 amide bonds. The molecule has 2 aromatic rings. The van der Waals surface area contributed by atoms with E-state index in [4.69, 9.17) is 51.9 Å². The number of halogens is 12. The number of hydrogen-bond acceptors (Lipinski definition) is 13. The normalized spacial score (nSPS) is 12.5. The first-order chi connectivity index (χ1) is 19.4. The van der Waals surface area contributed by atoms with Crippen molar-refractivity contribution in [2.24, 2.45) is 0 Å². The van der Waals surface area contributed by atoms with Crippen LogP contribution in [0.4, 0.5) is 52.7 Å². The van der Waals surface area contributed by atoms with Crippen molar-refractivity contribution in [3.05, 3.63) is 54.2 Å². The van der Waals surface area contributed by atoms with Gasteiger partial charge in [0.05, 0.1) is 5.69 Å². The van der Waals surface area contributed by atoms with E-state index < -0.39 is 62.5 Å². The van der Waals surface area contributed by atoms with Crippen LogP contribution in [0.1, 0.15) is 5.56 Å². The van der Waals surface area contributed by atoms with Crippen LogP contribution >= 0.6 is 0 Å². The summed E-state index contributed by atoms with van der Waals surface area (Å²) in [6.45, 7) is 2.08. The Morgan fingerprint density at radius 2 is 0.761 bits per heavy atom. The third-order valence-electron chi connectivity index (χ3n) is 3.12. The molecular formula is C16H11F12IrNO12S4-4. The van der Waals surface area contributed by atoms with Crippen molar-refractivity contribution < 1.29 is 125 Å². The molecule has 30 heteroatoms. The monoisotopic (exact) mass is 958 g/mol. The van der Waals surface area contributed by atoms with Gasteiger partial charge in [0.15, 0.2) is 40.5 Å². The summed E-state index contributed by atoms with van der Waals surface area (Å²) in [6.07, 6.45) is 1.84. The molecule has 0 atom stereocenters. The number of hydrogen-bond donors (Lipinski definition) is 0. The largest absolute Gasteiger partial charge is 0.741 e. The van der Waals surface area contributed by atoms with Crippen molar-refractivity contribution in [2.75, 3.05) is 0 Å². The van der Waals surface area contributed by atoms with Gasteiger partial charge in [0.1, 0.15) is 0 Å². The molecule has 13 nitrogen and oxygen atoms in total. The summed E-state index contributed by atoms with van der Waals surface area (Å²) in [4.78, 5) is 4.31. The first-order valence-corrected chi connectivity index (χ1v) is 15.1. The minimum Gasteiger partial charge on any atom is -0.741 e. The van der Waals surface area contributed by atoms with Crippen LogP contribution in [0.3, 0.4) is 0 Å². The Kier molecular flexibility index (Phi) is 20.3. The topological polar surface area (TPSA) is 242 Å². The molecule has 0 unspecified atom stereocenters. The van der Waals surface area contributed by atoms with Crippen molar-refractivity contribution in [3.63, 3.8) is 0 Å². The first kappa shape index (κ1) is 50.7. The van der Waals surface area contributed by atoms with Crippen LogP contribution in [-0.2, 0) is 60.6 Å². The molecule has 0 aliphatic heterocycles. The zero-order valence-electron chi connectivity index (χ0n) is 21.0. The number of benzene rings is 1. The summed E-state index contributed by atoms with van der Waals surface area (Å²) in [5, 5.41) is 0. The molecule has 0 aliphatic carbocycles. The summed E-state index contributed by atoms with van der Waals surface area (Å²) in [6, 6.07) is 14.3. The molecule has 0 N–H and O–H groups in total. The van der Waals surface area contributed by atoms with Crippen molar-refractivity contribution in [2.45, 2.75) is 29.0 Å². The van der Waals surface area contributed by atoms with Crippen molar-refractivity contribution >= 4 is 40.5 Å². The maximum absolute atomic E-state index is 10.7. The standard InChI is InChI=1S/C12H11N.4CHF3O3S.Ir/c1-10-7-8-13-12(9-10)11-5-3-2-4-6-11;4*2-1(3,4)8(5,6)7;/h2-9H,1H3;4*(H,5,6,7);/p-4. The van der Waals surface area contributed by atoms with E-state index in [1.54, 1.807) is 0 Å². The first-order valence-electron chi connectivity index (χ1n) is 9.43. The molecule has 0 spiro atoms. The molecular weight excluding hydrogens is 947 g/mol. The second-order valence-corrected chi connectivity index (χ2v) is 12.2. The molecule has 0 fully saturated rings. The minimum absolute atomic E-state index is 0. The molecule has 1 aromatic carbocycles. The van der Waals surface area contributed by atoms with Gasteiger partial charge in [-0.2, -0.15) is 52.7 Å². The summed E-state index contributed by atoms with van der Waals surface area (Å²) in [5.74, 6) is 0. The van der Waals surface area contributed by atoms with Gasteiger partial charge in [-0.05, 0) is 24.6 Å². The molecule has 1 radical (unpaired) electrons. The van der Waals surface area contributed by atoms with E-state index in [1.165, 1.54) is 11.1 Å². The smallest absolute Gasteiger partial charge is 0.485 e. The predicted molar refractivity (Wildman–Crippen MR) is 117 cm³/mol. The molecule has 0 saturated heterocycles. The molecule has 0 bridgehead atoms. The minimum atomic E-state index is -6.09. The van der Waals surface area contributed by atoms with Crippen molar-refractivity contribution in [1.82, 2.24) is 4.98 Å². The van der Waals surface area contributed by atoms with E-state index in [2.05, 4.69) is 30.1 Å². The third-order valence-corrected chi connectivity index (χ3v) is 5.39. The Morgan fingerprint density at radius 1 is 0.522 bits per heavy atom. The summed E-state index contributed by atoms with van der Waals surface area (Å²) < 4.78 is 236. The third kappa shape index (κ3) is 22.4. The second kappa shape index (κ2) is 18.4. The molecule has 273 valence electrons. The van der Waals surface area contributed by atoms with Crippen LogP contribution in [0.25, 0.3) is 11.3 Å². The maximum Gasteiger partial charge on any atom is 0.485 e. The van der Waals surface area contributed by atoms with Crippen LogP contribution < -0.4 is 0 Å². The quantitative estimate of drug-likeness (QED) is 0.227. The average Bonchev–Trinajstić information content (AvgIpc) is 2.76. The fraction of sp³-hybridized carbons (Fsp3) is 0.312. The van der Waals surface area contributed by atoms with E-state index in [0.717, 1.165) is 5.69 Å². The van der Waals surface area contributed by atoms with Gasteiger partial charge >= 0.3 is 22.0 Å². The van der Waals surface area contributed by atoms with E-state index >= 15 is 0 Å². The number of nitrogens with zero attached hydrogens (tertiary/aromatic N) is 1. The van der Waals surface area contributed by atoms with Gasteiger partial charge in [0.2, 0.25) is 0 Å². The van der Waals surface area contributed by atoms with Gasteiger partial charge in [0, 0.05) is 31.9 Å². The van der Waals surface area contributed by atoms with Gasteiger partial charge in [-0.15, -0.1) is 0 Å². The van der Waals surface area contributed by atoms with Crippen LogP contribution in [0, 0.1) is 6.92 Å². The fourth-order valence-corrected chi connectivity index (χ4v) is 1.30. The maximum atomic E-state index is 10.7. The molecule has 46 heavy (non-hydrogen) atoms. The number of aryl methyl sites for hydroxylation is 1. The Hall–Kier alpha value is -2.18. The summed E-state index contributed by atoms with van der Waals surface area (Å²) in [5.41, 5.74) is -19.1. The van der Waals surface area contributed by atoms with Crippen LogP contribution in [0.5, 0.6) is 0 Å². The summed E-state index contributed by atoms with van der Waals surface area (Å²) in [7, 11) is -24.4. The van der Waals surface area contributed by atoms with Crippen molar-refractivity contribution in [3.8, 4) is 11.3 Å². The molecule has 0 saturated carbocycles. The number of rotatable bonds is 1.